The molecule has 1 aliphatic rings. The molecule has 1 fully saturated rings. The summed E-state index contributed by atoms with van der Waals surface area (Å²) in [5.74, 6) is 0.742. The summed E-state index contributed by atoms with van der Waals surface area (Å²) in [5.41, 5.74) is 2.26. The Morgan fingerprint density at radius 1 is 1.32 bits per heavy atom. The highest BCUT2D eigenvalue weighted by atomic mass is 16.5. The molecule has 0 aromatic heterocycles. The predicted molar refractivity (Wildman–Crippen MR) is 89.3 cm³/mol. The predicted octanol–water partition coefficient (Wildman–Crippen LogP) is 2.67. The molecule has 1 heterocycles. The van der Waals surface area contributed by atoms with Crippen LogP contribution < -0.4 is 10.1 Å². The van der Waals surface area contributed by atoms with Gasteiger partial charge in [-0.25, -0.2) is 0 Å². The number of hydrogen-bond donors (Lipinski definition) is 1. The first-order chi connectivity index (χ1) is 10.6. The topological polar surface area (TPSA) is 41.6 Å². The number of nitrogens with zero attached hydrogens (tertiary/aromatic N) is 1. The van der Waals surface area contributed by atoms with Gasteiger partial charge in [-0.3, -0.25) is 4.79 Å². The SMILES string of the molecule is Cc1ccc(OC(C)C(=O)NCCCN2CCCC2)c(C)c1. The van der Waals surface area contributed by atoms with E-state index in [-0.39, 0.29) is 5.91 Å². The van der Waals surface area contributed by atoms with E-state index in [1.54, 1.807) is 6.92 Å². The Hall–Kier alpha value is -1.55. The second-order valence-corrected chi connectivity index (χ2v) is 6.22. The Morgan fingerprint density at radius 2 is 2.05 bits per heavy atom. The molecular formula is C18H28N2O2. The number of amides is 1. The fraction of sp³-hybridized carbons (Fsp3) is 0.611. The summed E-state index contributed by atoms with van der Waals surface area (Å²) in [4.78, 5) is 14.5. The minimum absolute atomic E-state index is 0.0404. The first-order valence-electron chi connectivity index (χ1n) is 8.30. The summed E-state index contributed by atoms with van der Waals surface area (Å²) in [7, 11) is 0. The van der Waals surface area contributed by atoms with Crippen LogP contribution in [0.15, 0.2) is 18.2 Å². The normalized spacial score (nSPS) is 16.5. The van der Waals surface area contributed by atoms with Crippen molar-refractivity contribution in [3.8, 4) is 5.75 Å². The zero-order valence-electron chi connectivity index (χ0n) is 14.0. The van der Waals surface area contributed by atoms with Crippen LogP contribution in [-0.2, 0) is 4.79 Å². The summed E-state index contributed by atoms with van der Waals surface area (Å²) < 4.78 is 5.77. The van der Waals surface area contributed by atoms with Gasteiger partial charge in [0, 0.05) is 6.54 Å². The van der Waals surface area contributed by atoms with Gasteiger partial charge in [0.1, 0.15) is 5.75 Å². The van der Waals surface area contributed by atoms with Crippen molar-refractivity contribution in [2.24, 2.45) is 0 Å². The van der Waals surface area contributed by atoms with Crippen LogP contribution in [0, 0.1) is 13.8 Å². The summed E-state index contributed by atoms with van der Waals surface area (Å²) >= 11 is 0. The standard InChI is InChI=1S/C18H28N2O2/c1-14-7-8-17(15(2)13-14)22-16(3)18(21)19-9-6-12-20-10-4-5-11-20/h7-8,13,16H,4-6,9-12H2,1-3H3,(H,19,21). The molecule has 1 saturated heterocycles. The quantitative estimate of drug-likeness (QED) is 0.788. The van der Waals surface area contributed by atoms with Crippen molar-refractivity contribution >= 4 is 5.91 Å². The number of ether oxygens (including phenoxy) is 1. The molecule has 0 saturated carbocycles. The molecule has 4 heteroatoms. The van der Waals surface area contributed by atoms with Crippen molar-refractivity contribution in [3.63, 3.8) is 0 Å². The maximum absolute atomic E-state index is 12.1. The molecule has 2 rings (SSSR count). The van der Waals surface area contributed by atoms with E-state index >= 15 is 0 Å². The number of carbonyl (C=O) groups is 1. The van der Waals surface area contributed by atoms with E-state index in [0.29, 0.717) is 0 Å². The van der Waals surface area contributed by atoms with Crippen molar-refractivity contribution in [3.05, 3.63) is 29.3 Å². The molecule has 4 nitrogen and oxygen atoms in total. The lowest BCUT2D eigenvalue weighted by atomic mass is 10.1. The van der Waals surface area contributed by atoms with Crippen LogP contribution in [0.1, 0.15) is 37.3 Å². The summed E-state index contributed by atoms with van der Waals surface area (Å²) in [6, 6.07) is 6.00. The van der Waals surface area contributed by atoms with Gasteiger partial charge in [-0.1, -0.05) is 17.7 Å². The fourth-order valence-corrected chi connectivity index (χ4v) is 2.84. The van der Waals surface area contributed by atoms with E-state index < -0.39 is 6.10 Å². The number of hydrogen-bond acceptors (Lipinski definition) is 3. The molecule has 0 bridgehead atoms. The number of carbonyl (C=O) groups excluding carboxylic acids is 1. The largest absolute Gasteiger partial charge is 0.481 e. The van der Waals surface area contributed by atoms with Gasteiger partial charge in [0.2, 0.25) is 0 Å². The third kappa shape index (κ3) is 5.02. The van der Waals surface area contributed by atoms with Crippen molar-refractivity contribution in [1.82, 2.24) is 10.2 Å². The van der Waals surface area contributed by atoms with Crippen molar-refractivity contribution < 1.29 is 9.53 Å². The van der Waals surface area contributed by atoms with Crippen LogP contribution >= 0.6 is 0 Å². The van der Waals surface area contributed by atoms with E-state index in [0.717, 1.165) is 30.8 Å². The van der Waals surface area contributed by atoms with Gasteiger partial charge < -0.3 is 15.0 Å². The van der Waals surface area contributed by atoms with Gasteiger partial charge >= 0.3 is 0 Å². The van der Waals surface area contributed by atoms with Crippen LogP contribution in [0.3, 0.4) is 0 Å². The van der Waals surface area contributed by atoms with Crippen LogP contribution in [0.2, 0.25) is 0 Å². The smallest absolute Gasteiger partial charge is 0.260 e. The van der Waals surface area contributed by atoms with Crippen LogP contribution in [0.5, 0.6) is 5.75 Å². The van der Waals surface area contributed by atoms with Crippen LogP contribution in [0.25, 0.3) is 0 Å². The molecular weight excluding hydrogens is 276 g/mol. The Labute approximate surface area is 133 Å². The fourth-order valence-electron chi connectivity index (χ4n) is 2.84. The number of benzene rings is 1. The lowest BCUT2D eigenvalue weighted by molar-refractivity contribution is -0.127. The molecule has 1 amide bonds. The Kier molecular flexibility index (Phi) is 6.25. The Bertz CT molecular complexity index is 496. The highest BCUT2D eigenvalue weighted by Gasteiger charge is 2.15. The minimum atomic E-state index is -0.465. The molecule has 1 aliphatic heterocycles. The second-order valence-electron chi connectivity index (χ2n) is 6.22. The second kappa shape index (κ2) is 8.18. The van der Waals surface area contributed by atoms with E-state index in [4.69, 9.17) is 4.74 Å². The van der Waals surface area contributed by atoms with E-state index in [2.05, 4.69) is 16.3 Å². The number of rotatable bonds is 7. The molecule has 122 valence electrons. The van der Waals surface area contributed by atoms with Crippen molar-refractivity contribution in [1.29, 1.82) is 0 Å². The molecule has 1 unspecified atom stereocenters. The summed E-state index contributed by atoms with van der Waals surface area (Å²) in [6.07, 6.45) is 3.16. The third-order valence-corrected chi connectivity index (χ3v) is 4.15. The first kappa shape index (κ1) is 16.8. The molecule has 1 atom stereocenters. The van der Waals surface area contributed by atoms with Gasteiger partial charge in [0.25, 0.3) is 5.91 Å². The van der Waals surface area contributed by atoms with Gasteiger partial charge in [0.15, 0.2) is 6.10 Å². The molecule has 1 aromatic carbocycles. The average molecular weight is 304 g/mol. The molecule has 0 radical (unpaired) electrons. The number of aryl methyl sites for hydroxylation is 2. The van der Waals surface area contributed by atoms with Crippen molar-refractivity contribution in [2.75, 3.05) is 26.2 Å². The zero-order valence-corrected chi connectivity index (χ0v) is 14.0. The molecule has 1 aromatic rings. The van der Waals surface area contributed by atoms with Gasteiger partial charge in [-0.15, -0.1) is 0 Å². The maximum atomic E-state index is 12.1. The van der Waals surface area contributed by atoms with E-state index in [1.807, 2.05) is 26.0 Å². The van der Waals surface area contributed by atoms with Crippen LogP contribution in [-0.4, -0.2) is 43.1 Å². The van der Waals surface area contributed by atoms with E-state index in [1.165, 1.54) is 31.5 Å². The summed E-state index contributed by atoms with van der Waals surface area (Å²) in [5, 5.41) is 2.97. The monoisotopic (exact) mass is 304 g/mol. The van der Waals surface area contributed by atoms with E-state index in [9.17, 15) is 4.79 Å². The Balaban J connectivity index is 1.69. The van der Waals surface area contributed by atoms with Gasteiger partial charge in [0.05, 0.1) is 0 Å². The summed E-state index contributed by atoms with van der Waals surface area (Å²) in [6.45, 7) is 10.1. The highest BCUT2D eigenvalue weighted by molar-refractivity contribution is 5.80. The maximum Gasteiger partial charge on any atom is 0.260 e. The first-order valence-corrected chi connectivity index (χ1v) is 8.30. The van der Waals surface area contributed by atoms with Crippen molar-refractivity contribution in [2.45, 2.75) is 46.1 Å². The zero-order chi connectivity index (χ0) is 15.9. The van der Waals surface area contributed by atoms with Gasteiger partial charge in [-0.05, 0) is 71.3 Å². The Morgan fingerprint density at radius 3 is 2.73 bits per heavy atom. The van der Waals surface area contributed by atoms with Crippen LogP contribution in [0.4, 0.5) is 0 Å². The van der Waals surface area contributed by atoms with Gasteiger partial charge in [-0.2, -0.15) is 0 Å². The number of nitrogens with one attached hydrogen (secondary N) is 1. The highest BCUT2D eigenvalue weighted by Crippen LogP contribution is 2.20. The third-order valence-electron chi connectivity index (χ3n) is 4.15. The molecule has 0 aliphatic carbocycles. The molecule has 1 N–H and O–H groups in total. The lowest BCUT2D eigenvalue weighted by Crippen LogP contribution is -2.37. The molecule has 22 heavy (non-hydrogen) atoms. The number of likely N-dealkylation sites (tertiary alicyclic amines) is 1. The lowest BCUT2D eigenvalue weighted by Gasteiger charge is -2.18. The average Bonchev–Trinajstić information content (AvgIpc) is 2.99. The minimum Gasteiger partial charge on any atom is -0.481 e. The molecule has 0 spiro atoms.